The number of nitrogen functional groups attached to an aromatic ring is 1. The van der Waals surface area contributed by atoms with Crippen molar-refractivity contribution in [2.24, 2.45) is 0 Å². The number of methoxy groups -OCH3 is 1. The molecule has 1 amide bonds. The number of carbonyl (C=O) groups excluding carboxylic acids is 1. The second-order valence-corrected chi connectivity index (χ2v) is 7.63. The van der Waals surface area contributed by atoms with Crippen LogP contribution in [0.15, 0.2) is 66.7 Å². The Labute approximate surface area is 177 Å². The lowest BCUT2D eigenvalue weighted by Gasteiger charge is -2.18. The van der Waals surface area contributed by atoms with Gasteiger partial charge in [0.25, 0.3) is 0 Å². The van der Waals surface area contributed by atoms with Gasteiger partial charge in [-0.2, -0.15) is 0 Å². The molecule has 5 heteroatoms. The molecule has 0 saturated carbocycles. The molecule has 0 radical (unpaired) electrons. The molecular weight excluding hydrogens is 376 g/mol. The summed E-state index contributed by atoms with van der Waals surface area (Å²) >= 11 is 0. The first-order valence-corrected chi connectivity index (χ1v) is 10.1. The Morgan fingerprint density at radius 3 is 2.63 bits per heavy atom. The van der Waals surface area contributed by atoms with Crippen molar-refractivity contribution in [3.8, 4) is 11.5 Å². The summed E-state index contributed by atoms with van der Waals surface area (Å²) in [5.41, 5.74) is 10.8. The molecule has 4 rings (SSSR count). The molecule has 0 spiro atoms. The van der Waals surface area contributed by atoms with Gasteiger partial charge in [-0.25, -0.2) is 0 Å². The lowest BCUT2D eigenvalue weighted by molar-refractivity contribution is -0.117. The minimum absolute atomic E-state index is 0.0886. The van der Waals surface area contributed by atoms with Gasteiger partial charge in [0.2, 0.25) is 5.91 Å². The van der Waals surface area contributed by atoms with E-state index in [2.05, 4.69) is 19.1 Å². The smallest absolute Gasteiger partial charge is 0.227 e. The van der Waals surface area contributed by atoms with Crippen LogP contribution in [0.3, 0.4) is 0 Å². The number of anilines is 2. The first kappa shape index (κ1) is 19.8. The minimum Gasteiger partial charge on any atom is -0.493 e. The predicted octanol–water partition coefficient (Wildman–Crippen LogP) is 4.69. The summed E-state index contributed by atoms with van der Waals surface area (Å²) in [5, 5.41) is 0. The van der Waals surface area contributed by atoms with Gasteiger partial charge < -0.3 is 20.1 Å². The number of hydrogen-bond donors (Lipinski definition) is 1. The van der Waals surface area contributed by atoms with Gasteiger partial charge in [0, 0.05) is 30.3 Å². The largest absolute Gasteiger partial charge is 0.493 e. The van der Waals surface area contributed by atoms with Crippen LogP contribution < -0.4 is 20.1 Å². The quantitative estimate of drug-likeness (QED) is 0.608. The standard InChI is InChI=1S/C25H26N2O3/c1-17-6-3-4-7-19(17)16-30-24-12-18(10-11-23(24)29-2)20-13-25(28)27(15-20)22-9-5-8-21(26)14-22/h3-12,14,20H,13,15-16,26H2,1-2H3. The SMILES string of the molecule is COc1ccc(C2CC(=O)N(c3cccc(N)c3)C2)cc1OCc1ccccc1C. The van der Waals surface area contributed by atoms with Crippen molar-refractivity contribution in [3.63, 3.8) is 0 Å². The van der Waals surface area contributed by atoms with E-state index in [9.17, 15) is 4.79 Å². The maximum Gasteiger partial charge on any atom is 0.227 e. The highest BCUT2D eigenvalue weighted by molar-refractivity contribution is 5.96. The Morgan fingerprint density at radius 2 is 1.87 bits per heavy atom. The van der Waals surface area contributed by atoms with Crippen LogP contribution in [0.5, 0.6) is 11.5 Å². The zero-order chi connectivity index (χ0) is 21.1. The molecule has 0 aliphatic carbocycles. The highest BCUT2D eigenvalue weighted by Crippen LogP contribution is 2.37. The van der Waals surface area contributed by atoms with Crippen LogP contribution in [0.2, 0.25) is 0 Å². The fraction of sp³-hybridized carbons (Fsp3) is 0.240. The molecule has 1 heterocycles. The maximum atomic E-state index is 12.7. The molecule has 1 unspecified atom stereocenters. The second kappa shape index (κ2) is 8.49. The lowest BCUT2D eigenvalue weighted by atomic mass is 9.98. The molecule has 2 N–H and O–H groups in total. The average Bonchev–Trinajstić information content (AvgIpc) is 3.14. The zero-order valence-electron chi connectivity index (χ0n) is 17.3. The van der Waals surface area contributed by atoms with Crippen molar-refractivity contribution in [2.75, 3.05) is 24.3 Å². The van der Waals surface area contributed by atoms with Crippen molar-refractivity contribution in [3.05, 3.63) is 83.4 Å². The van der Waals surface area contributed by atoms with Crippen molar-refractivity contribution >= 4 is 17.3 Å². The molecule has 1 aliphatic rings. The number of nitrogens with two attached hydrogens (primary N) is 1. The van der Waals surface area contributed by atoms with Gasteiger partial charge in [0.1, 0.15) is 6.61 Å². The van der Waals surface area contributed by atoms with Gasteiger partial charge in [-0.3, -0.25) is 4.79 Å². The third kappa shape index (κ3) is 4.10. The Morgan fingerprint density at radius 1 is 1.03 bits per heavy atom. The zero-order valence-corrected chi connectivity index (χ0v) is 17.3. The van der Waals surface area contributed by atoms with E-state index >= 15 is 0 Å². The molecule has 3 aromatic carbocycles. The van der Waals surface area contributed by atoms with E-state index in [1.54, 1.807) is 12.0 Å². The second-order valence-electron chi connectivity index (χ2n) is 7.63. The van der Waals surface area contributed by atoms with E-state index in [1.165, 1.54) is 5.56 Å². The van der Waals surface area contributed by atoms with E-state index in [4.69, 9.17) is 15.2 Å². The van der Waals surface area contributed by atoms with Gasteiger partial charge in [-0.05, 0) is 53.9 Å². The molecule has 5 nitrogen and oxygen atoms in total. The predicted molar refractivity (Wildman–Crippen MR) is 119 cm³/mol. The highest BCUT2D eigenvalue weighted by Gasteiger charge is 2.32. The van der Waals surface area contributed by atoms with Gasteiger partial charge in [-0.1, -0.05) is 36.4 Å². The summed E-state index contributed by atoms with van der Waals surface area (Å²) in [6.07, 6.45) is 0.457. The van der Waals surface area contributed by atoms with Crippen LogP contribution in [0, 0.1) is 6.92 Å². The monoisotopic (exact) mass is 402 g/mol. The average molecular weight is 402 g/mol. The summed E-state index contributed by atoms with van der Waals surface area (Å²) in [6.45, 7) is 3.15. The summed E-state index contributed by atoms with van der Waals surface area (Å²) in [5.74, 6) is 1.56. The molecule has 3 aromatic rings. The van der Waals surface area contributed by atoms with Crippen LogP contribution in [0.1, 0.15) is 29.0 Å². The Hall–Kier alpha value is -3.47. The summed E-state index contributed by atoms with van der Waals surface area (Å²) in [6, 6.07) is 21.5. The summed E-state index contributed by atoms with van der Waals surface area (Å²) < 4.78 is 11.6. The number of aryl methyl sites for hydroxylation is 1. The molecule has 0 bridgehead atoms. The summed E-state index contributed by atoms with van der Waals surface area (Å²) in [7, 11) is 1.64. The number of hydrogen-bond acceptors (Lipinski definition) is 4. The normalized spacial score (nSPS) is 16.0. The van der Waals surface area contributed by atoms with E-state index < -0.39 is 0 Å². The van der Waals surface area contributed by atoms with E-state index in [1.807, 2.05) is 54.6 Å². The van der Waals surface area contributed by atoms with Crippen LogP contribution in [0.4, 0.5) is 11.4 Å². The Bertz CT molecular complexity index is 1060. The molecule has 1 saturated heterocycles. The Kier molecular flexibility index (Phi) is 5.61. The molecule has 154 valence electrons. The highest BCUT2D eigenvalue weighted by atomic mass is 16.5. The van der Waals surface area contributed by atoms with Crippen LogP contribution >= 0.6 is 0 Å². The van der Waals surface area contributed by atoms with E-state index in [-0.39, 0.29) is 11.8 Å². The third-order valence-electron chi connectivity index (χ3n) is 5.61. The van der Waals surface area contributed by atoms with Crippen LogP contribution in [-0.4, -0.2) is 19.6 Å². The molecule has 30 heavy (non-hydrogen) atoms. The van der Waals surface area contributed by atoms with Crippen LogP contribution in [-0.2, 0) is 11.4 Å². The number of carbonyl (C=O) groups is 1. The number of nitrogens with zero attached hydrogens (tertiary/aromatic N) is 1. The molecular formula is C25H26N2O3. The van der Waals surface area contributed by atoms with E-state index in [0.717, 1.165) is 16.8 Å². The maximum absolute atomic E-state index is 12.7. The number of ether oxygens (including phenoxy) is 2. The van der Waals surface area contributed by atoms with Gasteiger partial charge >= 0.3 is 0 Å². The van der Waals surface area contributed by atoms with Crippen LogP contribution in [0.25, 0.3) is 0 Å². The Balaban J connectivity index is 1.54. The fourth-order valence-electron chi connectivity index (χ4n) is 3.86. The minimum atomic E-state index is 0.0886. The third-order valence-corrected chi connectivity index (χ3v) is 5.61. The van der Waals surface area contributed by atoms with Gasteiger partial charge in [0.15, 0.2) is 11.5 Å². The topological polar surface area (TPSA) is 64.8 Å². The van der Waals surface area contributed by atoms with Crippen molar-refractivity contribution in [1.29, 1.82) is 0 Å². The molecule has 1 fully saturated rings. The van der Waals surface area contributed by atoms with Gasteiger partial charge in [0.05, 0.1) is 7.11 Å². The summed E-state index contributed by atoms with van der Waals surface area (Å²) in [4.78, 5) is 14.5. The molecule has 0 aromatic heterocycles. The molecule has 1 aliphatic heterocycles. The van der Waals surface area contributed by atoms with Gasteiger partial charge in [-0.15, -0.1) is 0 Å². The van der Waals surface area contributed by atoms with E-state index in [0.29, 0.717) is 36.8 Å². The number of rotatable bonds is 6. The first-order valence-electron chi connectivity index (χ1n) is 10.1. The van der Waals surface area contributed by atoms with Crippen molar-refractivity contribution in [1.82, 2.24) is 0 Å². The number of benzene rings is 3. The number of amides is 1. The first-order chi connectivity index (χ1) is 14.5. The van der Waals surface area contributed by atoms with Crippen molar-refractivity contribution in [2.45, 2.75) is 25.9 Å². The fourth-order valence-corrected chi connectivity index (χ4v) is 3.86. The lowest BCUT2D eigenvalue weighted by Crippen LogP contribution is -2.24. The van der Waals surface area contributed by atoms with Crippen molar-refractivity contribution < 1.29 is 14.3 Å². The molecule has 1 atom stereocenters.